The molecule has 2 rings (SSSR count). The topological polar surface area (TPSA) is 50.9 Å². The highest BCUT2D eigenvalue weighted by Gasteiger charge is 2.18. The maximum Gasteiger partial charge on any atom is 0.146 e. The molecular weight excluding hydrogens is 198 g/mol. The zero-order valence-corrected chi connectivity index (χ0v) is 9.95. The Hall–Kier alpha value is -1.25. The van der Waals surface area contributed by atoms with Crippen molar-refractivity contribution in [3.05, 3.63) is 18.3 Å². The molecule has 88 valence electrons. The largest absolute Gasteiger partial charge is 0.382 e. The Labute approximate surface area is 97.5 Å². The lowest BCUT2D eigenvalue weighted by Gasteiger charge is -2.27. The van der Waals surface area contributed by atoms with Crippen LogP contribution in [0.25, 0.3) is 0 Å². The van der Waals surface area contributed by atoms with Crippen LogP contribution in [0.3, 0.4) is 0 Å². The van der Waals surface area contributed by atoms with E-state index in [9.17, 15) is 0 Å². The summed E-state index contributed by atoms with van der Waals surface area (Å²) in [7, 11) is 0. The van der Waals surface area contributed by atoms with Gasteiger partial charge in [0.2, 0.25) is 0 Å². The molecule has 2 unspecified atom stereocenters. The van der Waals surface area contributed by atoms with Crippen molar-refractivity contribution in [2.75, 3.05) is 17.6 Å². The fraction of sp³-hybridized carbons (Fsp3) is 0.615. The Kier molecular flexibility index (Phi) is 3.65. The molecular formula is C13H21N3. The van der Waals surface area contributed by atoms with E-state index in [4.69, 9.17) is 5.73 Å². The molecule has 1 saturated carbocycles. The Morgan fingerprint density at radius 1 is 1.50 bits per heavy atom. The van der Waals surface area contributed by atoms with Gasteiger partial charge < -0.3 is 11.1 Å². The highest BCUT2D eigenvalue weighted by atomic mass is 14.9. The smallest absolute Gasteiger partial charge is 0.146 e. The summed E-state index contributed by atoms with van der Waals surface area (Å²) in [4.78, 5) is 4.07. The molecule has 1 heterocycles. The van der Waals surface area contributed by atoms with E-state index in [1.165, 1.54) is 25.7 Å². The van der Waals surface area contributed by atoms with Gasteiger partial charge in [-0.3, -0.25) is 0 Å². The van der Waals surface area contributed by atoms with E-state index in [1.54, 1.807) is 6.20 Å². The lowest BCUT2D eigenvalue weighted by Crippen LogP contribution is -2.21. The van der Waals surface area contributed by atoms with Crippen molar-refractivity contribution in [1.82, 2.24) is 4.98 Å². The Morgan fingerprint density at radius 2 is 2.38 bits per heavy atom. The highest BCUT2D eigenvalue weighted by molar-refractivity contribution is 5.60. The number of nitrogens with two attached hydrogens (primary N) is 1. The molecule has 0 bridgehead atoms. The summed E-state index contributed by atoms with van der Waals surface area (Å²) in [5.41, 5.74) is 6.76. The summed E-state index contributed by atoms with van der Waals surface area (Å²) in [6, 6.07) is 3.91. The molecule has 0 aliphatic heterocycles. The summed E-state index contributed by atoms with van der Waals surface area (Å²) in [5, 5.41) is 3.42. The number of hydrogen-bond acceptors (Lipinski definition) is 3. The monoisotopic (exact) mass is 219 g/mol. The van der Waals surface area contributed by atoms with E-state index in [1.807, 2.05) is 12.1 Å². The molecule has 3 heteroatoms. The van der Waals surface area contributed by atoms with E-state index in [-0.39, 0.29) is 0 Å². The summed E-state index contributed by atoms with van der Waals surface area (Å²) in [6.07, 6.45) is 7.18. The number of hydrogen-bond donors (Lipinski definition) is 2. The van der Waals surface area contributed by atoms with Gasteiger partial charge in [0.25, 0.3) is 0 Å². The summed E-state index contributed by atoms with van der Waals surface area (Å²) in [5.74, 6) is 2.28. The third-order valence-corrected chi connectivity index (χ3v) is 3.46. The fourth-order valence-electron chi connectivity index (χ4n) is 2.57. The van der Waals surface area contributed by atoms with Gasteiger partial charge in [0.15, 0.2) is 0 Å². The minimum atomic E-state index is 0.603. The maximum atomic E-state index is 5.79. The second-order valence-electron chi connectivity index (χ2n) is 4.95. The van der Waals surface area contributed by atoms with Gasteiger partial charge in [-0.1, -0.05) is 19.8 Å². The Balaban J connectivity index is 1.85. The van der Waals surface area contributed by atoms with Gasteiger partial charge in [-0.15, -0.1) is 0 Å². The average Bonchev–Trinajstić information content (AvgIpc) is 2.28. The van der Waals surface area contributed by atoms with Crippen molar-refractivity contribution in [2.24, 2.45) is 11.8 Å². The predicted molar refractivity (Wildman–Crippen MR) is 68.3 cm³/mol. The van der Waals surface area contributed by atoms with Crippen LogP contribution in [-0.4, -0.2) is 11.5 Å². The Morgan fingerprint density at radius 3 is 3.12 bits per heavy atom. The maximum absolute atomic E-state index is 5.79. The number of nitrogens with one attached hydrogen (secondary N) is 1. The first-order valence-corrected chi connectivity index (χ1v) is 6.20. The van der Waals surface area contributed by atoms with Gasteiger partial charge in [0.1, 0.15) is 5.82 Å². The molecule has 0 aromatic carbocycles. The van der Waals surface area contributed by atoms with E-state index < -0.39 is 0 Å². The highest BCUT2D eigenvalue weighted by Crippen LogP contribution is 2.29. The molecule has 0 radical (unpaired) electrons. The molecule has 0 spiro atoms. The van der Waals surface area contributed by atoms with E-state index >= 15 is 0 Å². The number of pyridine rings is 1. The van der Waals surface area contributed by atoms with Crippen molar-refractivity contribution < 1.29 is 0 Å². The van der Waals surface area contributed by atoms with Crippen molar-refractivity contribution in [2.45, 2.75) is 32.6 Å². The molecule has 1 aliphatic carbocycles. The van der Waals surface area contributed by atoms with Crippen LogP contribution in [-0.2, 0) is 0 Å². The number of nitrogens with zero attached hydrogens (tertiary/aromatic N) is 1. The van der Waals surface area contributed by atoms with Crippen molar-refractivity contribution in [1.29, 1.82) is 0 Å². The minimum Gasteiger partial charge on any atom is -0.382 e. The molecule has 1 aromatic rings. The van der Waals surface area contributed by atoms with Crippen LogP contribution in [0.1, 0.15) is 32.6 Å². The minimum absolute atomic E-state index is 0.603. The SMILES string of the molecule is CC1CCCC(CNc2cccnc2N)C1. The first-order chi connectivity index (χ1) is 7.75. The van der Waals surface area contributed by atoms with Crippen molar-refractivity contribution >= 4 is 11.5 Å². The molecule has 0 amide bonds. The first-order valence-electron chi connectivity index (χ1n) is 6.20. The number of rotatable bonds is 3. The van der Waals surface area contributed by atoms with Crippen LogP contribution in [0.5, 0.6) is 0 Å². The van der Waals surface area contributed by atoms with Crippen LogP contribution < -0.4 is 11.1 Å². The Bertz CT molecular complexity index is 338. The van der Waals surface area contributed by atoms with Gasteiger partial charge >= 0.3 is 0 Å². The average molecular weight is 219 g/mol. The zero-order valence-electron chi connectivity index (χ0n) is 9.95. The molecule has 16 heavy (non-hydrogen) atoms. The normalized spacial score (nSPS) is 25.3. The lowest BCUT2D eigenvalue weighted by molar-refractivity contribution is 0.293. The quantitative estimate of drug-likeness (QED) is 0.821. The predicted octanol–water partition coefficient (Wildman–Crippen LogP) is 2.90. The fourth-order valence-corrected chi connectivity index (χ4v) is 2.57. The second-order valence-corrected chi connectivity index (χ2v) is 4.95. The van der Waals surface area contributed by atoms with Crippen molar-refractivity contribution in [3.8, 4) is 0 Å². The third kappa shape index (κ3) is 2.87. The molecule has 0 saturated heterocycles. The van der Waals surface area contributed by atoms with Crippen LogP contribution in [0.15, 0.2) is 18.3 Å². The number of nitrogen functional groups attached to an aromatic ring is 1. The zero-order chi connectivity index (χ0) is 11.4. The summed E-state index contributed by atoms with van der Waals surface area (Å²) >= 11 is 0. The molecule has 1 aromatic heterocycles. The van der Waals surface area contributed by atoms with Gasteiger partial charge in [-0.2, -0.15) is 0 Å². The molecule has 2 atom stereocenters. The van der Waals surface area contributed by atoms with E-state index in [2.05, 4.69) is 17.2 Å². The van der Waals surface area contributed by atoms with E-state index in [0.717, 1.165) is 24.1 Å². The standard InChI is InChI=1S/C13H21N3/c1-10-4-2-5-11(8-10)9-16-12-6-3-7-15-13(12)14/h3,6-7,10-11,16H,2,4-5,8-9H2,1H3,(H2,14,15). The second kappa shape index (κ2) is 5.19. The van der Waals surface area contributed by atoms with Crippen LogP contribution >= 0.6 is 0 Å². The van der Waals surface area contributed by atoms with Crippen LogP contribution in [0, 0.1) is 11.8 Å². The van der Waals surface area contributed by atoms with E-state index in [0.29, 0.717) is 5.82 Å². The number of aromatic nitrogens is 1. The van der Waals surface area contributed by atoms with Gasteiger partial charge in [0, 0.05) is 12.7 Å². The lowest BCUT2D eigenvalue weighted by atomic mass is 9.82. The van der Waals surface area contributed by atoms with Crippen LogP contribution in [0.2, 0.25) is 0 Å². The molecule has 3 N–H and O–H groups in total. The van der Waals surface area contributed by atoms with Gasteiger partial charge in [0.05, 0.1) is 5.69 Å². The molecule has 1 aliphatic rings. The van der Waals surface area contributed by atoms with Crippen LogP contribution in [0.4, 0.5) is 11.5 Å². The summed E-state index contributed by atoms with van der Waals surface area (Å²) in [6.45, 7) is 3.38. The van der Waals surface area contributed by atoms with Crippen molar-refractivity contribution in [3.63, 3.8) is 0 Å². The number of anilines is 2. The molecule has 1 fully saturated rings. The first kappa shape index (κ1) is 11.2. The third-order valence-electron chi connectivity index (χ3n) is 3.46. The van der Waals surface area contributed by atoms with Gasteiger partial charge in [-0.05, 0) is 36.8 Å². The molecule has 3 nitrogen and oxygen atoms in total. The summed E-state index contributed by atoms with van der Waals surface area (Å²) < 4.78 is 0. The van der Waals surface area contributed by atoms with Gasteiger partial charge in [-0.25, -0.2) is 4.98 Å².